The number of nitrogen functional groups attached to an aromatic ring is 1. The van der Waals surface area contributed by atoms with Crippen molar-refractivity contribution >= 4 is 11.6 Å². The van der Waals surface area contributed by atoms with Crippen LogP contribution in [0.1, 0.15) is 37.0 Å². The van der Waals surface area contributed by atoms with Gasteiger partial charge in [0.05, 0.1) is 18.4 Å². The SMILES string of the molecule is COc1c(N)cccc1C(=O)NCC(C)(C)CCCO. The molecule has 5 nitrogen and oxygen atoms in total. The summed E-state index contributed by atoms with van der Waals surface area (Å²) in [5.74, 6) is 0.199. The van der Waals surface area contributed by atoms with Crippen LogP contribution in [0.4, 0.5) is 5.69 Å². The van der Waals surface area contributed by atoms with Gasteiger partial charge in [0.1, 0.15) is 0 Å². The van der Waals surface area contributed by atoms with Gasteiger partial charge in [-0.15, -0.1) is 0 Å². The number of nitrogens with one attached hydrogen (secondary N) is 1. The molecule has 0 spiro atoms. The molecule has 1 rings (SSSR count). The highest BCUT2D eigenvalue weighted by Gasteiger charge is 2.20. The number of para-hydroxylation sites is 1. The summed E-state index contributed by atoms with van der Waals surface area (Å²) in [6.07, 6.45) is 1.57. The molecule has 0 heterocycles. The van der Waals surface area contributed by atoms with E-state index in [0.29, 0.717) is 23.5 Å². The highest BCUT2D eigenvalue weighted by molar-refractivity contribution is 5.98. The first kappa shape index (κ1) is 16.3. The van der Waals surface area contributed by atoms with Crippen LogP contribution in [-0.4, -0.2) is 31.3 Å². The van der Waals surface area contributed by atoms with Gasteiger partial charge >= 0.3 is 0 Å². The molecule has 0 saturated carbocycles. The molecule has 0 aliphatic carbocycles. The van der Waals surface area contributed by atoms with Gasteiger partial charge < -0.3 is 20.9 Å². The third-order valence-corrected chi connectivity index (χ3v) is 3.23. The molecular formula is C15H24N2O3. The number of aliphatic hydroxyl groups is 1. The van der Waals surface area contributed by atoms with Crippen molar-refractivity contribution in [1.82, 2.24) is 5.32 Å². The molecule has 0 fully saturated rings. The van der Waals surface area contributed by atoms with E-state index in [1.54, 1.807) is 18.2 Å². The lowest BCUT2D eigenvalue weighted by atomic mass is 9.88. The van der Waals surface area contributed by atoms with Crippen LogP contribution in [0.5, 0.6) is 5.75 Å². The number of nitrogens with two attached hydrogens (primary N) is 1. The molecule has 0 aromatic heterocycles. The van der Waals surface area contributed by atoms with Gasteiger partial charge in [-0.1, -0.05) is 19.9 Å². The first-order valence-electron chi connectivity index (χ1n) is 6.73. The van der Waals surface area contributed by atoms with Gasteiger partial charge in [-0.05, 0) is 30.4 Å². The first-order valence-corrected chi connectivity index (χ1v) is 6.73. The second-order valence-corrected chi connectivity index (χ2v) is 5.60. The molecule has 0 unspecified atom stereocenters. The van der Waals surface area contributed by atoms with Gasteiger partial charge in [0.2, 0.25) is 0 Å². The van der Waals surface area contributed by atoms with Gasteiger partial charge in [-0.25, -0.2) is 0 Å². The van der Waals surface area contributed by atoms with Crippen molar-refractivity contribution in [2.75, 3.05) is 26.0 Å². The van der Waals surface area contributed by atoms with Crippen LogP contribution < -0.4 is 15.8 Å². The minimum Gasteiger partial charge on any atom is -0.494 e. The zero-order valence-electron chi connectivity index (χ0n) is 12.4. The summed E-state index contributed by atoms with van der Waals surface area (Å²) in [5.41, 5.74) is 6.60. The van der Waals surface area contributed by atoms with Crippen molar-refractivity contribution in [3.8, 4) is 5.75 Å². The lowest BCUT2D eigenvalue weighted by Gasteiger charge is -2.24. The lowest BCUT2D eigenvalue weighted by molar-refractivity contribution is 0.0930. The molecule has 1 aromatic rings. The summed E-state index contributed by atoms with van der Waals surface area (Å²) >= 11 is 0. The number of ether oxygens (including phenoxy) is 1. The zero-order chi connectivity index (χ0) is 15.2. The maximum absolute atomic E-state index is 12.2. The van der Waals surface area contributed by atoms with Crippen LogP contribution in [-0.2, 0) is 0 Å². The van der Waals surface area contributed by atoms with Crippen molar-refractivity contribution in [2.24, 2.45) is 5.41 Å². The van der Waals surface area contributed by atoms with Gasteiger partial charge in [-0.3, -0.25) is 4.79 Å². The van der Waals surface area contributed by atoms with Gasteiger partial charge in [0, 0.05) is 13.2 Å². The highest BCUT2D eigenvalue weighted by Crippen LogP contribution is 2.26. The average Bonchev–Trinajstić information content (AvgIpc) is 2.42. The summed E-state index contributed by atoms with van der Waals surface area (Å²) in [6.45, 7) is 4.81. The molecule has 0 aliphatic heterocycles. The van der Waals surface area contributed by atoms with E-state index in [-0.39, 0.29) is 17.9 Å². The van der Waals surface area contributed by atoms with E-state index in [9.17, 15) is 4.79 Å². The van der Waals surface area contributed by atoms with E-state index in [4.69, 9.17) is 15.6 Å². The molecule has 0 radical (unpaired) electrons. The van der Waals surface area contributed by atoms with Crippen LogP contribution in [0, 0.1) is 5.41 Å². The summed E-state index contributed by atoms with van der Waals surface area (Å²) < 4.78 is 5.18. The van der Waals surface area contributed by atoms with E-state index in [2.05, 4.69) is 19.2 Å². The maximum Gasteiger partial charge on any atom is 0.255 e. The standard InChI is InChI=1S/C15H24N2O3/c1-15(2,8-5-9-18)10-17-14(19)11-6-4-7-12(16)13(11)20-3/h4,6-7,18H,5,8-10,16H2,1-3H3,(H,17,19). The molecule has 112 valence electrons. The van der Waals surface area contributed by atoms with Crippen LogP contribution in [0.3, 0.4) is 0 Å². The molecule has 0 bridgehead atoms. The Morgan fingerprint density at radius 3 is 2.75 bits per heavy atom. The minimum absolute atomic E-state index is 0.0635. The Balaban J connectivity index is 2.70. The monoisotopic (exact) mass is 280 g/mol. The Morgan fingerprint density at radius 2 is 2.15 bits per heavy atom. The normalized spacial score (nSPS) is 11.2. The van der Waals surface area contributed by atoms with Crippen molar-refractivity contribution in [3.63, 3.8) is 0 Å². The van der Waals surface area contributed by atoms with Crippen LogP contribution in [0.15, 0.2) is 18.2 Å². The largest absolute Gasteiger partial charge is 0.494 e. The van der Waals surface area contributed by atoms with Crippen molar-refractivity contribution in [3.05, 3.63) is 23.8 Å². The number of methoxy groups -OCH3 is 1. The quantitative estimate of drug-likeness (QED) is 0.665. The second kappa shape index (κ2) is 7.14. The van der Waals surface area contributed by atoms with Crippen LogP contribution >= 0.6 is 0 Å². The summed E-state index contributed by atoms with van der Waals surface area (Å²) in [7, 11) is 1.49. The molecule has 0 atom stereocenters. The zero-order valence-corrected chi connectivity index (χ0v) is 12.4. The fourth-order valence-electron chi connectivity index (χ4n) is 2.02. The molecule has 4 N–H and O–H groups in total. The topological polar surface area (TPSA) is 84.6 Å². The molecule has 20 heavy (non-hydrogen) atoms. The smallest absolute Gasteiger partial charge is 0.255 e. The van der Waals surface area contributed by atoms with E-state index in [1.807, 2.05) is 0 Å². The van der Waals surface area contributed by atoms with Gasteiger partial charge in [0.25, 0.3) is 5.91 Å². The predicted octanol–water partition coefficient (Wildman–Crippen LogP) is 1.81. The first-order chi connectivity index (χ1) is 9.41. The van der Waals surface area contributed by atoms with Crippen LogP contribution in [0.25, 0.3) is 0 Å². The second-order valence-electron chi connectivity index (χ2n) is 5.60. The third-order valence-electron chi connectivity index (χ3n) is 3.23. The Kier molecular flexibility index (Phi) is 5.82. The Hall–Kier alpha value is -1.75. The number of carbonyl (C=O) groups excluding carboxylic acids is 1. The summed E-state index contributed by atoms with van der Waals surface area (Å²) in [4.78, 5) is 12.2. The number of hydrogen-bond donors (Lipinski definition) is 3. The fraction of sp³-hybridized carbons (Fsp3) is 0.533. The fourth-order valence-corrected chi connectivity index (χ4v) is 2.02. The number of aliphatic hydroxyl groups excluding tert-OH is 1. The lowest BCUT2D eigenvalue weighted by Crippen LogP contribution is -2.34. The molecule has 1 amide bonds. The van der Waals surface area contributed by atoms with Crippen molar-refractivity contribution in [1.29, 1.82) is 0 Å². The Bertz CT molecular complexity index is 458. The molecule has 0 aliphatic rings. The van der Waals surface area contributed by atoms with Gasteiger partial charge in [0.15, 0.2) is 5.75 Å². The minimum atomic E-state index is -0.203. The number of rotatable bonds is 7. The number of amides is 1. The highest BCUT2D eigenvalue weighted by atomic mass is 16.5. The van der Waals surface area contributed by atoms with Crippen LogP contribution in [0.2, 0.25) is 0 Å². The molecule has 1 aromatic carbocycles. The molecular weight excluding hydrogens is 256 g/mol. The Labute approximate surface area is 120 Å². The van der Waals surface area contributed by atoms with E-state index in [0.717, 1.165) is 12.8 Å². The summed E-state index contributed by atoms with van der Waals surface area (Å²) in [6, 6.07) is 5.11. The van der Waals surface area contributed by atoms with E-state index < -0.39 is 0 Å². The number of anilines is 1. The van der Waals surface area contributed by atoms with Crippen molar-refractivity contribution < 1.29 is 14.6 Å². The number of carbonyl (C=O) groups is 1. The predicted molar refractivity (Wildman–Crippen MR) is 79.8 cm³/mol. The maximum atomic E-state index is 12.2. The van der Waals surface area contributed by atoms with Gasteiger partial charge in [-0.2, -0.15) is 0 Å². The number of benzene rings is 1. The third kappa shape index (κ3) is 4.42. The van der Waals surface area contributed by atoms with Crippen molar-refractivity contribution in [2.45, 2.75) is 26.7 Å². The summed E-state index contributed by atoms with van der Waals surface area (Å²) in [5, 5.41) is 11.8. The molecule has 5 heteroatoms. The molecule has 0 saturated heterocycles. The Morgan fingerprint density at radius 1 is 1.45 bits per heavy atom. The number of hydrogen-bond acceptors (Lipinski definition) is 4. The average molecular weight is 280 g/mol. The van der Waals surface area contributed by atoms with E-state index in [1.165, 1.54) is 7.11 Å². The van der Waals surface area contributed by atoms with E-state index >= 15 is 0 Å².